The van der Waals surface area contributed by atoms with E-state index in [9.17, 15) is 13.2 Å². The lowest BCUT2D eigenvalue weighted by Gasteiger charge is -2.33. The van der Waals surface area contributed by atoms with E-state index >= 15 is 0 Å². The summed E-state index contributed by atoms with van der Waals surface area (Å²) in [6.45, 7) is 14.6. The molecule has 5 rings (SSSR count). The summed E-state index contributed by atoms with van der Waals surface area (Å²) in [4.78, 5) is 13.6. The number of carbonyl (C=O) groups is 1. The van der Waals surface area contributed by atoms with Crippen molar-refractivity contribution in [2.75, 3.05) is 25.2 Å². The second-order valence-corrected chi connectivity index (χ2v) is 17.2. The molecule has 1 aliphatic heterocycles. The first kappa shape index (κ1) is 30.2. The molecule has 226 valence electrons. The monoisotopic (exact) mass is 582 g/mol. The van der Waals surface area contributed by atoms with Crippen LogP contribution >= 0.6 is 0 Å². The van der Waals surface area contributed by atoms with Gasteiger partial charge in [0.25, 0.3) is 5.91 Å². The number of rotatable bonds is 8. The van der Waals surface area contributed by atoms with Crippen LogP contribution in [-0.4, -0.2) is 44.1 Å². The number of amides is 1. The van der Waals surface area contributed by atoms with E-state index in [0.717, 1.165) is 36.7 Å². The van der Waals surface area contributed by atoms with Crippen molar-refractivity contribution in [3.05, 3.63) is 40.6 Å². The lowest BCUT2D eigenvalue weighted by molar-refractivity contribution is 0.0938. The van der Waals surface area contributed by atoms with E-state index in [2.05, 4.69) is 55.8 Å². The molecule has 1 aromatic carbocycles. The average Bonchev–Trinajstić information content (AvgIpc) is 3.57. The smallest absolute Gasteiger partial charge is 0.253 e. The summed E-state index contributed by atoms with van der Waals surface area (Å²) in [5.74, 6) is 1.58. The Hall–Kier alpha value is -2.28. The van der Waals surface area contributed by atoms with Crippen molar-refractivity contribution in [3.8, 4) is 17.0 Å². The first-order chi connectivity index (χ1) is 19.1. The zero-order valence-electron chi connectivity index (χ0n) is 26.3. The van der Waals surface area contributed by atoms with Crippen LogP contribution < -0.4 is 10.1 Å². The number of nitrogens with one attached hydrogen (secondary N) is 1. The minimum absolute atomic E-state index is 0.0295. The first-order valence-corrected chi connectivity index (χ1v) is 17.6. The van der Waals surface area contributed by atoms with Gasteiger partial charge in [0.1, 0.15) is 15.6 Å². The number of fused-ring (bicyclic) bond motifs is 2. The molecule has 7 heteroatoms. The molecule has 0 radical (unpaired) electrons. The Morgan fingerprint density at radius 3 is 2.34 bits per heavy atom. The fourth-order valence-electron chi connectivity index (χ4n) is 7.19. The number of hydrogen-bond donors (Lipinski definition) is 1. The molecule has 1 aromatic heterocycles. The van der Waals surface area contributed by atoms with Crippen LogP contribution in [0, 0.1) is 18.3 Å². The molecule has 1 spiro atoms. The Bertz CT molecular complexity index is 1400. The van der Waals surface area contributed by atoms with Crippen LogP contribution in [-0.2, 0) is 27.2 Å². The number of carbonyl (C=O) groups excluding carboxylic acids is 1. The summed E-state index contributed by atoms with van der Waals surface area (Å²) < 4.78 is 32.6. The molecule has 0 bridgehead atoms. The van der Waals surface area contributed by atoms with Gasteiger partial charge in [0.15, 0.2) is 0 Å². The van der Waals surface area contributed by atoms with Gasteiger partial charge in [-0.15, -0.1) is 0 Å². The molecule has 2 fully saturated rings. The maximum Gasteiger partial charge on any atom is 0.253 e. The van der Waals surface area contributed by atoms with Gasteiger partial charge >= 0.3 is 0 Å². The van der Waals surface area contributed by atoms with Gasteiger partial charge < -0.3 is 14.6 Å². The van der Waals surface area contributed by atoms with Crippen molar-refractivity contribution < 1.29 is 17.9 Å². The zero-order chi connectivity index (χ0) is 29.8. The molecule has 1 amide bonds. The van der Waals surface area contributed by atoms with E-state index < -0.39 is 15.3 Å². The fourth-order valence-corrected chi connectivity index (χ4v) is 8.71. The predicted octanol–water partition coefficient (Wildman–Crippen LogP) is 6.96. The largest absolute Gasteiger partial charge is 0.493 e. The predicted molar refractivity (Wildman–Crippen MR) is 167 cm³/mol. The van der Waals surface area contributed by atoms with Gasteiger partial charge in [0, 0.05) is 47.3 Å². The van der Waals surface area contributed by atoms with Crippen molar-refractivity contribution in [2.45, 2.75) is 110 Å². The number of aromatic nitrogens is 1. The third-order valence-corrected chi connectivity index (χ3v) is 10.9. The van der Waals surface area contributed by atoms with E-state index in [1.807, 2.05) is 13.8 Å². The summed E-state index contributed by atoms with van der Waals surface area (Å²) in [5, 5.41) is 3.07. The van der Waals surface area contributed by atoms with Gasteiger partial charge in [0.05, 0.1) is 17.9 Å². The second-order valence-electron chi connectivity index (χ2n) is 15.1. The molecule has 0 saturated heterocycles. The van der Waals surface area contributed by atoms with Crippen molar-refractivity contribution in [1.82, 2.24) is 9.88 Å². The number of benzene rings is 1. The quantitative estimate of drug-likeness (QED) is 0.365. The van der Waals surface area contributed by atoms with Gasteiger partial charge in [-0.1, -0.05) is 53.9 Å². The summed E-state index contributed by atoms with van der Waals surface area (Å²) in [7, 11) is -3.15. The molecule has 0 atom stereocenters. The van der Waals surface area contributed by atoms with Crippen molar-refractivity contribution >= 4 is 15.7 Å². The summed E-state index contributed by atoms with van der Waals surface area (Å²) in [6.07, 6.45) is 11.1. The minimum Gasteiger partial charge on any atom is -0.493 e. The molecule has 41 heavy (non-hydrogen) atoms. The van der Waals surface area contributed by atoms with Crippen LogP contribution in [0.2, 0.25) is 0 Å². The standard InChI is InChI=1S/C34H50N2O4S/c1-23-26(31(37)35-21-33(5,6)22-41(7,38)39)19-29(36(23)20-24-11-9-8-10-12-24)25-17-27(32(2,3)4)30-28(18-25)34(13-14-34)15-16-40-30/h17-19,24H,8-16,20-22H2,1-7H3,(H,35,37). The highest BCUT2D eigenvalue weighted by atomic mass is 32.2. The molecular formula is C34H50N2O4S. The molecule has 2 heterocycles. The van der Waals surface area contributed by atoms with Crippen LogP contribution in [0.3, 0.4) is 0 Å². The highest BCUT2D eigenvalue weighted by Crippen LogP contribution is 2.58. The summed E-state index contributed by atoms with van der Waals surface area (Å²) in [6, 6.07) is 6.75. The van der Waals surface area contributed by atoms with Crippen molar-refractivity contribution in [3.63, 3.8) is 0 Å². The van der Waals surface area contributed by atoms with Crippen LogP contribution in [0.1, 0.15) is 113 Å². The second kappa shape index (κ2) is 10.8. The number of sulfone groups is 1. The number of hydrogen-bond acceptors (Lipinski definition) is 4. The Morgan fingerprint density at radius 1 is 1.05 bits per heavy atom. The average molecular weight is 583 g/mol. The summed E-state index contributed by atoms with van der Waals surface area (Å²) >= 11 is 0. The number of ether oxygens (including phenoxy) is 1. The van der Waals surface area contributed by atoms with Crippen LogP contribution in [0.15, 0.2) is 18.2 Å². The topological polar surface area (TPSA) is 77.4 Å². The minimum atomic E-state index is -3.15. The summed E-state index contributed by atoms with van der Waals surface area (Å²) in [5.41, 5.74) is 6.14. The maximum atomic E-state index is 13.6. The molecule has 2 saturated carbocycles. The SMILES string of the molecule is Cc1c(C(=O)NCC(C)(C)CS(C)(=O)=O)cc(-c2cc(C(C)(C)C)c3c(c2)C2(CCO3)CC2)n1CC1CCCCC1. The van der Waals surface area contributed by atoms with Crippen LogP contribution in [0.5, 0.6) is 5.75 Å². The van der Waals surface area contributed by atoms with E-state index in [-0.39, 0.29) is 22.5 Å². The molecule has 2 aromatic rings. The molecule has 6 nitrogen and oxygen atoms in total. The third kappa shape index (κ3) is 6.55. The molecular weight excluding hydrogens is 532 g/mol. The number of nitrogens with zero attached hydrogens (tertiary/aromatic N) is 1. The highest BCUT2D eigenvalue weighted by Gasteiger charge is 2.49. The van der Waals surface area contributed by atoms with Gasteiger partial charge in [-0.2, -0.15) is 0 Å². The third-order valence-electron chi connectivity index (χ3n) is 9.60. The van der Waals surface area contributed by atoms with E-state index in [1.54, 1.807) is 0 Å². The van der Waals surface area contributed by atoms with Gasteiger partial charge in [-0.25, -0.2) is 8.42 Å². The maximum absolute atomic E-state index is 13.6. The van der Waals surface area contributed by atoms with Gasteiger partial charge in [-0.05, 0) is 79.5 Å². The van der Waals surface area contributed by atoms with E-state index in [0.29, 0.717) is 18.0 Å². The van der Waals surface area contributed by atoms with Crippen LogP contribution in [0.25, 0.3) is 11.3 Å². The fraction of sp³-hybridized carbons (Fsp3) is 0.676. The van der Waals surface area contributed by atoms with E-state index in [4.69, 9.17) is 4.74 Å². The van der Waals surface area contributed by atoms with Gasteiger partial charge in [0.2, 0.25) is 0 Å². The normalized spacial score (nSPS) is 19.1. The molecule has 3 aliphatic rings. The van der Waals surface area contributed by atoms with Crippen LogP contribution in [0.4, 0.5) is 0 Å². The van der Waals surface area contributed by atoms with Crippen molar-refractivity contribution in [1.29, 1.82) is 0 Å². The Balaban J connectivity index is 1.56. The van der Waals surface area contributed by atoms with Crippen molar-refractivity contribution in [2.24, 2.45) is 11.3 Å². The Morgan fingerprint density at radius 2 is 1.73 bits per heavy atom. The zero-order valence-corrected chi connectivity index (χ0v) is 27.1. The first-order valence-electron chi connectivity index (χ1n) is 15.6. The molecule has 2 aliphatic carbocycles. The van der Waals surface area contributed by atoms with Gasteiger partial charge in [-0.3, -0.25) is 4.79 Å². The Labute approximate surface area is 247 Å². The Kier molecular flexibility index (Phi) is 7.93. The lowest BCUT2D eigenvalue weighted by atomic mass is 9.79. The molecule has 0 unspecified atom stereocenters. The van der Waals surface area contributed by atoms with E-state index in [1.165, 1.54) is 67.9 Å². The lowest BCUT2D eigenvalue weighted by Crippen LogP contribution is -2.38. The molecule has 1 N–H and O–H groups in total. The highest BCUT2D eigenvalue weighted by molar-refractivity contribution is 7.90.